The Morgan fingerprint density at radius 3 is 2.56 bits per heavy atom. The third-order valence-electron chi connectivity index (χ3n) is 4.54. The monoisotopic (exact) mass is 255 g/mol. The predicted molar refractivity (Wildman–Crippen MR) is 70.7 cm³/mol. The van der Waals surface area contributed by atoms with Gasteiger partial charge in [0.15, 0.2) is 0 Å². The summed E-state index contributed by atoms with van der Waals surface area (Å²) >= 11 is 0. The Morgan fingerprint density at radius 1 is 1.39 bits per heavy atom. The highest BCUT2D eigenvalue weighted by atomic mass is 16.5. The highest BCUT2D eigenvalue weighted by molar-refractivity contribution is 5.85. The molecule has 104 valence electrons. The Kier molecular flexibility index (Phi) is 4.45. The molecule has 2 aliphatic rings. The van der Waals surface area contributed by atoms with Gasteiger partial charge >= 0.3 is 0 Å². The van der Waals surface area contributed by atoms with Gasteiger partial charge in [0, 0.05) is 25.2 Å². The molecule has 18 heavy (non-hydrogen) atoms. The van der Waals surface area contributed by atoms with Gasteiger partial charge in [0.25, 0.3) is 0 Å². The van der Waals surface area contributed by atoms with E-state index in [4.69, 9.17) is 15.7 Å². The second-order valence-electron chi connectivity index (χ2n) is 5.90. The van der Waals surface area contributed by atoms with E-state index in [1.54, 1.807) is 0 Å². The lowest BCUT2D eigenvalue weighted by Crippen LogP contribution is -2.47. The van der Waals surface area contributed by atoms with E-state index in [1.807, 2.05) is 0 Å². The smallest absolute Gasteiger partial charge is 0.145 e. The molecular weight excluding hydrogens is 230 g/mol. The highest BCUT2D eigenvalue weighted by Gasteiger charge is 2.34. The second-order valence-corrected chi connectivity index (χ2v) is 5.90. The molecule has 0 aliphatic carbocycles. The van der Waals surface area contributed by atoms with Crippen LogP contribution in [-0.2, 0) is 4.74 Å². The predicted octanol–water partition coefficient (Wildman–Crippen LogP) is 1.26. The van der Waals surface area contributed by atoms with Crippen molar-refractivity contribution in [1.29, 1.82) is 0 Å². The van der Waals surface area contributed by atoms with Gasteiger partial charge in [-0.05, 0) is 44.7 Å². The van der Waals surface area contributed by atoms with Crippen LogP contribution in [0.5, 0.6) is 0 Å². The summed E-state index contributed by atoms with van der Waals surface area (Å²) in [5, 5.41) is 12.0. The molecule has 0 aromatic heterocycles. The van der Waals surface area contributed by atoms with Gasteiger partial charge in [-0.2, -0.15) is 0 Å². The molecule has 0 bridgehead atoms. The molecule has 2 saturated heterocycles. The zero-order chi connectivity index (χ0) is 13.0. The Morgan fingerprint density at radius 2 is 2.00 bits per heavy atom. The minimum absolute atomic E-state index is 0.124. The molecule has 0 unspecified atom stereocenters. The molecular formula is C13H25N3O2. The average Bonchev–Trinajstić information content (AvgIpc) is 2.42. The number of ether oxygens (including phenoxy) is 1. The molecule has 0 atom stereocenters. The van der Waals surface area contributed by atoms with Gasteiger partial charge in [-0.15, -0.1) is 0 Å². The summed E-state index contributed by atoms with van der Waals surface area (Å²) < 4.78 is 5.39. The first-order chi connectivity index (χ1) is 8.64. The largest absolute Gasteiger partial charge is 0.409 e. The Hall–Kier alpha value is -0.810. The highest BCUT2D eigenvalue weighted by Crippen LogP contribution is 2.31. The minimum atomic E-state index is -0.124. The van der Waals surface area contributed by atoms with Crippen LogP contribution in [0.4, 0.5) is 0 Å². The molecule has 2 fully saturated rings. The topological polar surface area (TPSA) is 71.1 Å². The van der Waals surface area contributed by atoms with Crippen molar-refractivity contribution in [2.24, 2.45) is 22.2 Å². The van der Waals surface area contributed by atoms with Crippen LogP contribution >= 0.6 is 0 Å². The number of hydrogen-bond donors (Lipinski definition) is 2. The maximum absolute atomic E-state index is 8.81. The number of likely N-dealkylation sites (tertiary alicyclic amines) is 1. The van der Waals surface area contributed by atoms with Crippen LogP contribution in [0.3, 0.4) is 0 Å². The Bertz CT molecular complexity index is 293. The average molecular weight is 255 g/mol. The van der Waals surface area contributed by atoms with Crippen LogP contribution in [-0.4, -0.2) is 48.8 Å². The number of piperidine rings is 1. The Balaban J connectivity index is 1.79. The van der Waals surface area contributed by atoms with Crippen molar-refractivity contribution < 1.29 is 9.94 Å². The van der Waals surface area contributed by atoms with E-state index in [-0.39, 0.29) is 5.41 Å². The van der Waals surface area contributed by atoms with Gasteiger partial charge in [0.05, 0.1) is 0 Å². The van der Waals surface area contributed by atoms with Crippen molar-refractivity contribution in [3.63, 3.8) is 0 Å². The van der Waals surface area contributed by atoms with Crippen LogP contribution in [0.2, 0.25) is 0 Å². The summed E-state index contributed by atoms with van der Waals surface area (Å²) in [5.41, 5.74) is 5.65. The van der Waals surface area contributed by atoms with Gasteiger partial charge in [0.1, 0.15) is 5.84 Å². The third-order valence-corrected chi connectivity index (χ3v) is 4.54. The number of nitrogens with two attached hydrogens (primary N) is 1. The molecule has 0 saturated carbocycles. The lowest BCUT2D eigenvalue weighted by molar-refractivity contribution is 0.0446. The van der Waals surface area contributed by atoms with Crippen molar-refractivity contribution in [2.45, 2.75) is 32.6 Å². The van der Waals surface area contributed by atoms with E-state index in [0.29, 0.717) is 5.84 Å². The molecule has 0 aromatic rings. The van der Waals surface area contributed by atoms with Gasteiger partial charge < -0.3 is 20.6 Å². The molecule has 2 aliphatic heterocycles. The quantitative estimate of drug-likeness (QED) is 0.345. The fraction of sp³-hybridized carbons (Fsp3) is 0.923. The number of nitrogens with zero attached hydrogens (tertiary/aromatic N) is 2. The van der Waals surface area contributed by atoms with Crippen LogP contribution in [0.15, 0.2) is 5.16 Å². The van der Waals surface area contributed by atoms with E-state index in [0.717, 1.165) is 45.1 Å². The van der Waals surface area contributed by atoms with E-state index < -0.39 is 0 Å². The van der Waals surface area contributed by atoms with E-state index in [2.05, 4.69) is 17.0 Å². The van der Waals surface area contributed by atoms with Crippen molar-refractivity contribution in [1.82, 2.24) is 4.90 Å². The normalized spacial score (nSPS) is 27.3. The van der Waals surface area contributed by atoms with Gasteiger partial charge in [-0.25, -0.2) is 0 Å². The maximum Gasteiger partial charge on any atom is 0.145 e. The molecule has 0 spiro atoms. The second kappa shape index (κ2) is 5.89. The maximum atomic E-state index is 8.81. The molecule has 0 aromatic carbocycles. The third kappa shape index (κ3) is 3.14. The summed E-state index contributed by atoms with van der Waals surface area (Å²) in [6.45, 7) is 7.19. The first-order valence-electron chi connectivity index (χ1n) is 6.92. The minimum Gasteiger partial charge on any atom is -0.409 e. The number of hydrogen-bond acceptors (Lipinski definition) is 4. The van der Waals surface area contributed by atoms with E-state index in [9.17, 15) is 0 Å². The first kappa shape index (κ1) is 13.6. The fourth-order valence-corrected chi connectivity index (χ4v) is 2.90. The van der Waals surface area contributed by atoms with Crippen molar-refractivity contribution in [3.8, 4) is 0 Å². The van der Waals surface area contributed by atoms with E-state index in [1.165, 1.54) is 19.4 Å². The number of amidine groups is 1. The van der Waals surface area contributed by atoms with Crippen LogP contribution in [0.1, 0.15) is 32.6 Å². The fourth-order valence-electron chi connectivity index (χ4n) is 2.90. The number of oxime groups is 1. The SMILES string of the molecule is CC1(C(N)=NO)CCN(CC2CCOCC2)CC1. The van der Waals surface area contributed by atoms with Gasteiger partial charge in [-0.3, -0.25) is 0 Å². The lowest BCUT2D eigenvalue weighted by atomic mass is 9.79. The molecule has 2 heterocycles. The van der Waals surface area contributed by atoms with Crippen LogP contribution < -0.4 is 5.73 Å². The molecule has 2 rings (SSSR count). The number of rotatable bonds is 3. The van der Waals surface area contributed by atoms with Crippen LogP contribution in [0, 0.1) is 11.3 Å². The molecule has 0 amide bonds. The van der Waals surface area contributed by atoms with Gasteiger partial charge in [-0.1, -0.05) is 12.1 Å². The summed E-state index contributed by atoms with van der Waals surface area (Å²) in [6, 6.07) is 0. The van der Waals surface area contributed by atoms with Gasteiger partial charge in [0.2, 0.25) is 0 Å². The Labute approximate surface area is 109 Å². The van der Waals surface area contributed by atoms with Crippen molar-refractivity contribution in [2.75, 3.05) is 32.8 Å². The van der Waals surface area contributed by atoms with Crippen LogP contribution in [0.25, 0.3) is 0 Å². The summed E-state index contributed by atoms with van der Waals surface area (Å²) in [4.78, 5) is 2.52. The molecule has 5 nitrogen and oxygen atoms in total. The molecule has 5 heteroatoms. The van der Waals surface area contributed by atoms with Crippen molar-refractivity contribution in [3.05, 3.63) is 0 Å². The summed E-state index contributed by atoms with van der Waals surface area (Å²) in [6.07, 6.45) is 4.33. The lowest BCUT2D eigenvalue weighted by Gasteiger charge is -2.40. The summed E-state index contributed by atoms with van der Waals surface area (Å²) in [7, 11) is 0. The first-order valence-corrected chi connectivity index (χ1v) is 6.92. The van der Waals surface area contributed by atoms with Crippen molar-refractivity contribution >= 4 is 5.84 Å². The zero-order valence-corrected chi connectivity index (χ0v) is 11.3. The zero-order valence-electron chi connectivity index (χ0n) is 11.3. The molecule has 0 radical (unpaired) electrons. The van der Waals surface area contributed by atoms with E-state index >= 15 is 0 Å². The summed E-state index contributed by atoms with van der Waals surface area (Å²) in [5.74, 6) is 1.17. The standard InChI is InChI=1S/C13H25N3O2/c1-13(12(14)15-17)4-6-16(7-5-13)10-11-2-8-18-9-3-11/h11,17H,2-10H2,1H3,(H2,14,15). The molecule has 3 N–H and O–H groups in total.